The van der Waals surface area contributed by atoms with Crippen molar-refractivity contribution in [3.63, 3.8) is 0 Å². The molecule has 2 saturated heterocycles. The van der Waals surface area contributed by atoms with E-state index in [-0.39, 0.29) is 6.03 Å². The first-order valence-electron chi connectivity index (χ1n) is 10.1. The maximum absolute atomic E-state index is 13.0. The lowest BCUT2D eigenvalue weighted by molar-refractivity contribution is 0.0942. The van der Waals surface area contributed by atoms with Gasteiger partial charge in [-0.3, -0.25) is 9.55 Å². The summed E-state index contributed by atoms with van der Waals surface area (Å²) in [5, 5.41) is 0. The highest BCUT2D eigenvalue weighted by Gasteiger charge is 2.38. The Hall–Kier alpha value is -2.89. The molecule has 3 aromatic rings. The van der Waals surface area contributed by atoms with Crippen molar-refractivity contribution in [3.05, 3.63) is 55.1 Å². The molecule has 6 nitrogen and oxygen atoms in total. The highest BCUT2D eigenvalue weighted by Crippen LogP contribution is 2.42. The second-order valence-electron chi connectivity index (χ2n) is 8.07. The second-order valence-corrected chi connectivity index (χ2v) is 8.07. The fraction of sp³-hybridized carbons (Fsp3) is 0.409. The summed E-state index contributed by atoms with van der Waals surface area (Å²) < 4.78 is 1.69. The average Bonchev–Trinajstić information content (AvgIpc) is 3.19. The Morgan fingerprint density at radius 1 is 0.893 bits per heavy atom. The van der Waals surface area contributed by atoms with Crippen LogP contribution in [0.3, 0.4) is 0 Å². The van der Waals surface area contributed by atoms with Crippen LogP contribution in [0.2, 0.25) is 0 Å². The van der Waals surface area contributed by atoms with Gasteiger partial charge < -0.3 is 9.80 Å². The number of rotatable bonds is 1. The third-order valence-electron chi connectivity index (χ3n) is 6.61. The summed E-state index contributed by atoms with van der Waals surface area (Å²) in [5.41, 5.74) is 3.41. The van der Waals surface area contributed by atoms with E-state index in [1.807, 2.05) is 41.6 Å². The number of para-hydroxylation sites is 2. The highest BCUT2D eigenvalue weighted by atomic mass is 16.2. The van der Waals surface area contributed by atoms with E-state index in [9.17, 15) is 4.79 Å². The standard InChI is InChI=1S/C22H25N5O/c28-21(27-17-24-19-3-1-2-4-20(19)27)26-15-9-22(10-16-26)7-13-25(14-8-22)18-5-11-23-12-6-18/h1-6,11-12,17H,7-10,13-16H2. The third kappa shape index (κ3) is 3.03. The van der Waals surface area contributed by atoms with E-state index >= 15 is 0 Å². The van der Waals surface area contributed by atoms with E-state index in [1.54, 1.807) is 10.9 Å². The molecule has 0 atom stereocenters. The van der Waals surface area contributed by atoms with Crippen LogP contribution in [0.1, 0.15) is 25.7 Å². The van der Waals surface area contributed by atoms with Crippen LogP contribution in [0.25, 0.3) is 11.0 Å². The predicted molar refractivity (Wildman–Crippen MR) is 109 cm³/mol. The molecule has 0 radical (unpaired) electrons. The van der Waals surface area contributed by atoms with Crippen LogP contribution < -0.4 is 4.90 Å². The molecule has 144 valence electrons. The van der Waals surface area contributed by atoms with Crippen molar-refractivity contribution in [2.24, 2.45) is 5.41 Å². The first-order valence-corrected chi connectivity index (χ1v) is 10.1. The number of imidazole rings is 1. The summed E-state index contributed by atoms with van der Waals surface area (Å²) in [5.74, 6) is 0. The third-order valence-corrected chi connectivity index (χ3v) is 6.61. The van der Waals surface area contributed by atoms with Gasteiger partial charge in [0.25, 0.3) is 0 Å². The van der Waals surface area contributed by atoms with Crippen LogP contribution >= 0.6 is 0 Å². The molecule has 1 amide bonds. The van der Waals surface area contributed by atoms with Crippen molar-refractivity contribution in [1.82, 2.24) is 19.4 Å². The molecule has 0 unspecified atom stereocenters. The molecule has 2 aliphatic heterocycles. The number of carbonyl (C=O) groups excluding carboxylic acids is 1. The fourth-order valence-corrected chi connectivity index (χ4v) is 4.73. The van der Waals surface area contributed by atoms with E-state index in [1.165, 1.54) is 18.5 Å². The maximum Gasteiger partial charge on any atom is 0.329 e. The number of anilines is 1. The molecular weight excluding hydrogens is 350 g/mol. The van der Waals surface area contributed by atoms with E-state index < -0.39 is 0 Å². The summed E-state index contributed by atoms with van der Waals surface area (Å²) in [4.78, 5) is 26.0. The lowest BCUT2D eigenvalue weighted by Crippen LogP contribution is -2.49. The van der Waals surface area contributed by atoms with Gasteiger partial charge in [-0.25, -0.2) is 9.78 Å². The van der Waals surface area contributed by atoms with Gasteiger partial charge in [-0.1, -0.05) is 12.1 Å². The fourth-order valence-electron chi connectivity index (χ4n) is 4.73. The Morgan fingerprint density at radius 2 is 1.57 bits per heavy atom. The molecule has 0 saturated carbocycles. The SMILES string of the molecule is O=C(N1CCC2(CC1)CCN(c1ccncc1)CC2)n1cnc2ccccc21. The quantitative estimate of drug-likeness (QED) is 0.649. The van der Waals surface area contributed by atoms with Gasteiger partial charge >= 0.3 is 6.03 Å². The number of aromatic nitrogens is 3. The lowest BCUT2D eigenvalue weighted by Gasteiger charge is -2.47. The number of piperidine rings is 2. The van der Waals surface area contributed by atoms with E-state index in [2.05, 4.69) is 27.0 Å². The molecule has 0 N–H and O–H groups in total. The van der Waals surface area contributed by atoms with Crippen molar-refractivity contribution >= 4 is 22.8 Å². The number of pyridine rings is 1. The molecule has 1 spiro atoms. The monoisotopic (exact) mass is 375 g/mol. The maximum atomic E-state index is 13.0. The van der Waals surface area contributed by atoms with Gasteiger partial charge in [0.2, 0.25) is 0 Å². The lowest BCUT2D eigenvalue weighted by atomic mass is 9.71. The zero-order chi connectivity index (χ0) is 19.0. The molecule has 5 rings (SSSR count). The smallest absolute Gasteiger partial charge is 0.329 e. The minimum atomic E-state index is 0.0535. The Morgan fingerprint density at radius 3 is 2.32 bits per heavy atom. The first-order chi connectivity index (χ1) is 13.7. The van der Waals surface area contributed by atoms with E-state index in [4.69, 9.17) is 0 Å². The van der Waals surface area contributed by atoms with Crippen LogP contribution in [0.4, 0.5) is 10.5 Å². The van der Waals surface area contributed by atoms with Crippen LogP contribution in [0.5, 0.6) is 0 Å². The molecule has 2 aliphatic rings. The molecule has 2 aromatic heterocycles. The largest absolute Gasteiger partial charge is 0.371 e. The molecule has 6 heteroatoms. The number of benzene rings is 1. The Balaban J connectivity index is 1.23. The summed E-state index contributed by atoms with van der Waals surface area (Å²) in [6.07, 6.45) is 9.97. The molecule has 1 aromatic carbocycles. The summed E-state index contributed by atoms with van der Waals surface area (Å²) in [6.45, 7) is 3.84. The van der Waals surface area contributed by atoms with Crippen LogP contribution in [0.15, 0.2) is 55.1 Å². The van der Waals surface area contributed by atoms with Gasteiger partial charge in [0.05, 0.1) is 11.0 Å². The topological polar surface area (TPSA) is 54.3 Å². The summed E-state index contributed by atoms with van der Waals surface area (Å²) in [6, 6.07) is 12.0. The van der Waals surface area contributed by atoms with E-state index in [0.717, 1.165) is 50.1 Å². The van der Waals surface area contributed by atoms with Crippen molar-refractivity contribution in [2.75, 3.05) is 31.1 Å². The van der Waals surface area contributed by atoms with Gasteiger partial charge in [0, 0.05) is 44.3 Å². The van der Waals surface area contributed by atoms with Crippen LogP contribution in [0, 0.1) is 5.41 Å². The first kappa shape index (κ1) is 17.2. The number of amides is 1. The van der Waals surface area contributed by atoms with Crippen LogP contribution in [-0.4, -0.2) is 51.6 Å². The zero-order valence-corrected chi connectivity index (χ0v) is 16.0. The number of likely N-dealkylation sites (tertiary alicyclic amines) is 1. The molecule has 4 heterocycles. The molecule has 0 bridgehead atoms. The highest BCUT2D eigenvalue weighted by molar-refractivity contribution is 5.89. The molecule has 28 heavy (non-hydrogen) atoms. The van der Waals surface area contributed by atoms with Crippen molar-refractivity contribution in [3.8, 4) is 0 Å². The normalized spacial score (nSPS) is 19.3. The summed E-state index contributed by atoms with van der Waals surface area (Å²) in [7, 11) is 0. The van der Waals surface area contributed by atoms with Gasteiger partial charge in [-0.15, -0.1) is 0 Å². The Kier molecular flexibility index (Phi) is 4.26. The number of hydrogen-bond donors (Lipinski definition) is 0. The second kappa shape index (κ2) is 6.93. The number of hydrogen-bond acceptors (Lipinski definition) is 4. The summed E-state index contributed by atoms with van der Waals surface area (Å²) >= 11 is 0. The molecular formula is C22H25N5O. The van der Waals surface area contributed by atoms with Crippen molar-refractivity contribution < 1.29 is 4.79 Å². The number of fused-ring (bicyclic) bond motifs is 1. The molecule has 0 aliphatic carbocycles. The van der Waals surface area contributed by atoms with Crippen LogP contribution in [-0.2, 0) is 0 Å². The van der Waals surface area contributed by atoms with E-state index in [0.29, 0.717) is 5.41 Å². The predicted octanol–water partition coefficient (Wildman–Crippen LogP) is 3.78. The number of carbonyl (C=O) groups is 1. The van der Waals surface area contributed by atoms with Gasteiger partial charge in [0.1, 0.15) is 6.33 Å². The van der Waals surface area contributed by atoms with Crippen molar-refractivity contribution in [1.29, 1.82) is 0 Å². The number of nitrogens with zero attached hydrogens (tertiary/aromatic N) is 5. The zero-order valence-electron chi connectivity index (χ0n) is 16.0. The minimum absolute atomic E-state index is 0.0535. The van der Waals surface area contributed by atoms with Gasteiger partial charge in [-0.05, 0) is 55.4 Å². The average molecular weight is 375 g/mol. The van der Waals surface area contributed by atoms with Gasteiger partial charge in [-0.2, -0.15) is 0 Å². The molecule has 2 fully saturated rings. The Labute approximate surface area is 164 Å². The Bertz CT molecular complexity index is 965. The van der Waals surface area contributed by atoms with Crippen molar-refractivity contribution in [2.45, 2.75) is 25.7 Å². The minimum Gasteiger partial charge on any atom is -0.371 e. The van der Waals surface area contributed by atoms with Gasteiger partial charge in [0.15, 0.2) is 0 Å².